The SMILES string of the molecule is CC1CCc2c(sc3ncn(CC(=O)N(CC#N)c4ccccc4)c(=O)c23)C1. The number of benzene rings is 1. The molecule has 2 heterocycles. The lowest BCUT2D eigenvalue weighted by molar-refractivity contribution is -0.119. The Morgan fingerprint density at radius 2 is 2.18 bits per heavy atom. The Kier molecular flexibility index (Phi) is 4.97. The Morgan fingerprint density at radius 1 is 1.39 bits per heavy atom. The van der Waals surface area contributed by atoms with E-state index in [0.717, 1.165) is 29.7 Å². The molecule has 1 amide bonds. The van der Waals surface area contributed by atoms with Gasteiger partial charge in [0, 0.05) is 10.6 Å². The lowest BCUT2D eigenvalue weighted by Crippen LogP contribution is -2.37. The second-order valence-corrected chi connectivity index (χ2v) is 8.27. The average molecular weight is 392 g/mol. The Bertz CT molecular complexity index is 1130. The van der Waals surface area contributed by atoms with E-state index in [1.165, 1.54) is 20.7 Å². The molecule has 0 bridgehead atoms. The molecule has 2 aromatic heterocycles. The Labute approximate surface area is 166 Å². The fourth-order valence-corrected chi connectivity index (χ4v) is 5.05. The summed E-state index contributed by atoms with van der Waals surface area (Å²) in [5.74, 6) is 0.309. The summed E-state index contributed by atoms with van der Waals surface area (Å²) >= 11 is 1.59. The minimum Gasteiger partial charge on any atom is -0.297 e. The standard InChI is InChI=1S/C21H20N4O2S/c1-14-7-8-16-17(11-14)28-20-19(16)21(27)24(13-23-20)12-18(26)25(10-9-22)15-5-3-2-4-6-15/h2-6,13-14H,7-8,10-12H2,1H3. The summed E-state index contributed by atoms with van der Waals surface area (Å²) in [5.41, 5.74) is 1.57. The van der Waals surface area contributed by atoms with Crippen LogP contribution in [0.2, 0.25) is 0 Å². The van der Waals surface area contributed by atoms with Gasteiger partial charge in [0.25, 0.3) is 5.56 Å². The third kappa shape index (κ3) is 3.32. The van der Waals surface area contributed by atoms with Crippen molar-refractivity contribution in [2.45, 2.75) is 32.7 Å². The molecule has 1 unspecified atom stereocenters. The van der Waals surface area contributed by atoms with Crippen LogP contribution in [0.25, 0.3) is 10.2 Å². The van der Waals surface area contributed by atoms with E-state index < -0.39 is 0 Å². The van der Waals surface area contributed by atoms with Gasteiger partial charge in [-0.1, -0.05) is 25.1 Å². The number of para-hydroxylation sites is 1. The van der Waals surface area contributed by atoms with E-state index in [2.05, 4.69) is 11.9 Å². The van der Waals surface area contributed by atoms with Gasteiger partial charge in [-0.15, -0.1) is 11.3 Å². The molecule has 28 heavy (non-hydrogen) atoms. The third-order valence-electron chi connectivity index (χ3n) is 5.19. The van der Waals surface area contributed by atoms with Gasteiger partial charge in [0.15, 0.2) is 0 Å². The van der Waals surface area contributed by atoms with Crippen LogP contribution in [0.4, 0.5) is 5.69 Å². The summed E-state index contributed by atoms with van der Waals surface area (Å²) in [6, 6.07) is 11.0. The van der Waals surface area contributed by atoms with Gasteiger partial charge in [0.2, 0.25) is 5.91 Å². The number of fused-ring (bicyclic) bond motifs is 3. The Morgan fingerprint density at radius 3 is 2.93 bits per heavy atom. The van der Waals surface area contributed by atoms with Gasteiger partial charge in [-0.25, -0.2) is 4.98 Å². The first-order valence-electron chi connectivity index (χ1n) is 9.30. The number of nitriles is 1. The molecular formula is C21H20N4O2S. The number of carbonyl (C=O) groups excluding carboxylic acids is 1. The van der Waals surface area contributed by atoms with Crippen LogP contribution in [0, 0.1) is 17.2 Å². The van der Waals surface area contributed by atoms with E-state index in [9.17, 15) is 9.59 Å². The van der Waals surface area contributed by atoms with Gasteiger partial charge in [0.1, 0.15) is 17.9 Å². The van der Waals surface area contributed by atoms with Gasteiger partial charge in [-0.2, -0.15) is 5.26 Å². The first kappa shape index (κ1) is 18.4. The molecule has 3 aromatic rings. The van der Waals surface area contributed by atoms with Crippen molar-refractivity contribution in [2.75, 3.05) is 11.4 Å². The maximum absolute atomic E-state index is 13.1. The van der Waals surface area contributed by atoms with Gasteiger partial charge in [0.05, 0.1) is 17.8 Å². The smallest absolute Gasteiger partial charge is 0.262 e. The highest BCUT2D eigenvalue weighted by Crippen LogP contribution is 2.35. The van der Waals surface area contributed by atoms with E-state index in [1.54, 1.807) is 23.5 Å². The Hall–Kier alpha value is -2.98. The van der Waals surface area contributed by atoms with Crippen LogP contribution in [0.3, 0.4) is 0 Å². The molecule has 6 nitrogen and oxygen atoms in total. The molecule has 0 saturated heterocycles. The second kappa shape index (κ2) is 7.56. The van der Waals surface area contributed by atoms with Crippen LogP contribution in [0.5, 0.6) is 0 Å². The van der Waals surface area contributed by atoms with E-state index in [-0.39, 0.29) is 24.6 Å². The van der Waals surface area contributed by atoms with Crippen molar-refractivity contribution < 1.29 is 4.79 Å². The lowest BCUT2D eigenvalue weighted by Gasteiger charge is -2.20. The molecule has 4 rings (SSSR count). The zero-order valence-corrected chi connectivity index (χ0v) is 16.4. The molecule has 1 aliphatic rings. The molecule has 0 fully saturated rings. The van der Waals surface area contributed by atoms with E-state index in [4.69, 9.17) is 5.26 Å². The first-order valence-corrected chi connectivity index (χ1v) is 10.1. The zero-order valence-electron chi connectivity index (χ0n) is 15.6. The maximum Gasteiger partial charge on any atom is 0.262 e. The monoisotopic (exact) mass is 392 g/mol. The highest BCUT2D eigenvalue weighted by Gasteiger charge is 2.24. The summed E-state index contributed by atoms with van der Waals surface area (Å²) in [6.07, 6.45) is 4.38. The molecule has 142 valence electrons. The average Bonchev–Trinajstić information content (AvgIpc) is 3.07. The number of thiophene rings is 1. The summed E-state index contributed by atoms with van der Waals surface area (Å²) < 4.78 is 1.36. The zero-order chi connectivity index (χ0) is 19.7. The maximum atomic E-state index is 13.1. The van der Waals surface area contributed by atoms with Crippen LogP contribution in [0.1, 0.15) is 23.8 Å². The van der Waals surface area contributed by atoms with Crippen molar-refractivity contribution in [2.24, 2.45) is 5.92 Å². The summed E-state index contributed by atoms with van der Waals surface area (Å²) in [5, 5.41) is 9.77. The third-order valence-corrected chi connectivity index (χ3v) is 6.35. The van der Waals surface area contributed by atoms with Crippen LogP contribution < -0.4 is 10.5 Å². The predicted octanol–water partition coefficient (Wildman–Crippen LogP) is 3.14. The number of aromatic nitrogens is 2. The fraction of sp³-hybridized carbons (Fsp3) is 0.333. The van der Waals surface area contributed by atoms with E-state index in [1.807, 2.05) is 24.3 Å². The van der Waals surface area contributed by atoms with Crippen molar-refractivity contribution in [1.29, 1.82) is 5.26 Å². The number of amides is 1. The van der Waals surface area contributed by atoms with Crippen LogP contribution >= 0.6 is 11.3 Å². The summed E-state index contributed by atoms with van der Waals surface area (Å²) in [6.45, 7) is 2.02. The Balaban J connectivity index is 1.68. The topological polar surface area (TPSA) is 79.0 Å². The molecule has 0 saturated carbocycles. The summed E-state index contributed by atoms with van der Waals surface area (Å²) in [4.78, 5) is 33.8. The van der Waals surface area contributed by atoms with Gasteiger partial charge in [-0.3, -0.25) is 19.1 Å². The number of hydrogen-bond donors (Lipinski definition) is 0. The molecule has 0 spiro atoms. The van der Waals surface area contributed by atoms with Crippen molar-refractivity contribution >= 4 is 33.1 Å². The minimum atomic E-state index is -0.311. The molecule has 0 radical (unpaired) electrons. The van der Waals surface area contributed by atoms with E-state index in [0.29, 0.717) is 17.0 Å². The highest BCUT2D eigenvalue weighted by atomic mass is 32.1. The number of hydrogen-bond acceptors (Lipinski definition) is 5. The number of carbonyl (C=O) groups is 1. The van der Waals surface area contributed by atoms with Crippen LogP contribution in [0.15, 0.2) is 41.5 Å². The molecule has 1 aliphatic carbocycles. The largest absolute Gasteiger partial charge is 0.297 e. The van der Waals surface area contributed by atoms with Gasteiger partial charge < -0.3 is 0 Å². The molecule has 7 heteroatoms. The normalized spacial score (nSPS) is 15.8. The lowest BCUT2D eigenvalue weighted by atomic mass is 9.89. The first-order chi connectivity index (χ1) is 13.6. The molecule has 0 aliphatic heterocycles. The number of aryl methyl sites for hydroxylation is 1. The van der Waals surface area contributed by atoms with Crippen LogP contribution in [-0.2, 0) is 24.2 Å². The molecule has 0 N–H and O–H groups in total. The van der Waals surface area contributed by atoms with Crippen molar-refractivity contribution in [3.05, 3.63) is 57.5 Å². The molecular weight excluding hydrogens is 372 g/mol. The molecule has 1 atom stereocenters. The highest BCUT2D eigenvalue weighted by molar-refractivity contribution is 7.18. The summed E-state index contributed by atoms with van der Waals surface area (Å²) in [7, 11) is 0. The van der Waals surface area contributed by atoms with Gasteiger partial charge >= 0.3 is 0 Å². The quantitative estimate of drug-likeness (QED) is 0.639. The second-order valence-electron chi connectivity index (χ2n) is 7.18. The van der Waals surface area contributed by atoms with Crippen LogP contribution in [-0.4, -0.2) is 22.0 Å². The predicted molar refractivity (Wildman–Crippen MR) is 109 cm³/mol. The number of nitrogens with zero attached hydrogens (tertiary/aromatic N) is 4. The van der Waals surface area contributed by atoms with Crippen molar-refractivity contribution in [3.8, 4) is 6.07 Å². The number of rotatable bonds is 4. The number of anilines is 1. The fourth-order valence-electron chi connectivity index (χ4n) is 3.71. The minimum absolute atomic E-state index is 0.0704. The van der Waals surface area contributed by atoms with E-state index >= 15 is 0 Å². The molecule has 1 aromatic carbocycles. The van der Waals surface area contributed by atoms with Gasteiger partial charge in [-0.05, 0) is 42.9 Å². The van der Waals surface area contributed by atoms with Crippen molar-refractivity contribution in [3.63, 3.8) is 0 Å². The van der Waals surface area contributed by atoms with Crippen molar-refractivity contribution in [1.82, 2.24) is 9.55 Å².